The van der Waals surface area contributed by atoms with Crippen LogP contribution in [0, 0.1) is 0 Å². The SMILES string of the molecule is CC1CN(S(=O)(=O)NC2CCN(S(C)(=O)=O)CC2)CC(C)O1. The van der Waals surface area contributed by atoms with Crippen molar-refractivity contribution < 1.29 is 21.6 Å². The highest BCUT2D eigenvalue weighted by Crippen LogP contribution is 2.17. The Morgan fingerprint density at radius 3 is 1.91 bits per heavy atom. The lowest BCUT2D eigenvalue weighted by Crippen LogP contribution is -2.55. The van der Waals surface area contributed by atoms with Gasteiger partial charge in [0.1, 0.15) is 0 Å². The summed E-state index contributed by atoms with van der Waals surface area (Å²) in [5, 5.41) is 0. The molecule has 0 aromatic carbocycles. The second-order valence-corrected chi connectivity index (χ2v) is 9.82. The Kier molecular flexibility index (Phi) is 5.50. The lowest BCUT2D eigenvalue weighted by molar-refractivity contribution is -0.0445. The van der Waals surface area contributed by atoms with Crippen molar-refractivity contribution in [3.63, 3.8) is 0 Å². The Hall–Kier alpha value is -0.260. The number of nitrogens with one attached hydrogen (secondary N) is 1. The van der Waals surface area contributed by atoms with Crippen molar-refractivity contribution in [2.75, 3.05) is 32.4 Å². The molecule has 0 spiro atoms. The van der Waals surface area contributed by atoms with Gasteiger partial charge in [0, 0.05) is 32.2 Å². The molecule has 2 aliphatic rings. The predicted octanol–water partition coefficient (Wildman–Crippen LogP) is -0.646. The summed E-state index contributed by atoms with van der Waals surface area (Å²) in [6.45, 7) is 5.07. The van der Waals surface area contributed by atoms with E-state index in [1.54, 1.807) is 0 Å². The number of rotatable bonds is 4. The van der Waals surface area contributed by atoms with Gasteiger partial charge in [0.2, 0.25) is 10.0 Å². The molecular formula is C12H25N3O5S2. The Morgan fingerprint density at radius 1 is 0.955 bits per heavy atom. The smallest absolute Gasteiger partial charge is 0.279 e. The van der Waals surface area contributed by atoms with Crippen LogP contribution in [0.2, 0.25) is 0 Å². The lowest BCUT2D eigenvalue weighted by atomic mass is 10.1. The largest absolute Gasteiger partial charge is 0.373 e. The summed E-state index contributed by atoms with van der Waals surface area (Å²) < 4.78 is 58.9. The van der Waals surface area contributed by atoms with Crippen molar-refractivity contribution in [3.05, 3.63) is 0 Å². The molecule has 0 aliphatic carbocycles. The van der Waals surface area contributed by atoms with Gasteiger partial charge in [-0.3, -0.25) is 0 Å². The molecule has 0 bridgehead atoms. The number of nitrogens with zero attached hydrogens (tertiary/aromatic N) is 2. The number of hydrogen-bond donors (Lipinski definition) is 1. The first-order chi connectivity index (χ1) is 10.1. The molecule has 2 rings (SSSR count). The van der Waals surface area contributed by atoms with Gasteiger partial charge >= 0.3 is 0 Å². The summed E-state index contributed by atoms with van der Waals surface area (Å²) in [5.74, 6) is 0. The van der Waals surface area contributed by atoms with E-state index in [2.05, 4.69) is 4.72 Å². The summed E-state index contributed by atoms with van der Waals surface area (Å²) in [4.78, 5) is 0. The number of sulfonamides is 1. The van der Waals surface area contributed by atoms with E-state index in [0.717, 1.165) is 0 Å². The molecule has 130 valence electrons. The second kappa shape index (κ2) is 6.70. The van der Waals surface area contributed by atoms with Crippen LogP contribution in [-0.2, 0) is 25.0 Å². The zero-order valence-electron chi connectivity index (χ0n) is 13.2. The number of piperidine rings is 1. The molecule has 0 saturated carbocycles. The molecule has 2 unspecified atom stereocenters. The van der Waals surface area contributed by atoms with Crippen LogP contribution >= 0.6 is 0 Å². The highest BCUT2D eigenvalue weighted by Gasteiger charge is 2.34. The van der Waals surface area contributed by atoms with Gasteiger partial charge < -0.3 is 4.74 Å². The fourth-order valence-corrected chi connectivity index (χ4v) is 5.41. The maximum Gasteiger partial charge on any atom is 0.279 e. The fourth-order valence-electron chi connectivity index (χ4n) is 2.92. The first-order valence-corrected chi connectivity index (χ1v) is 10.7. The van der Waals surface area contributed by atoms with Crippen molar-refractivity contribution in [2.45, 2.75) is 44.9 Å². The molecule has 2 fully saturated rings. The molecule has 2 aliphatic heterocycles. The topological polar surface area (TPSA) is 96.0 Å². The summed E-state index contributed by atoms with van der Waals surface area (Å²) in [6.07, 6.45) is 1.89. The summed E-state index contributed by atoms with van der Waals surface area (Å²) in [6, 6.07) is -0.226. The molecule has 22 heavy (non-hydrogen) atoms. The van der Waals surface area contributed by atoms with E-state index >= 15 is 0 Å². The van der Waals surface area contributed by atoms with E-state index in [0.29, 0.717) is 39.0 Å². The van der Waals surface area contributed by atoms with Crippen LogP contribution in [0.15, 0.2) is 0 Å². The zero-order valence-corrected chi connectivity index (χ0v) is 14.9. The van der Waals surface area contributed by atoms with Crippen LogP contribution in [-0.4, -0.2) is 76.1 Å². The minimum absolute atomic E-state index is 0.132. The standard InChI is InChI=1S/C12H25N3O5S2/c1-10-8-15(9-11(2)20-10)22(18,19)13-12-4-6-14(7-5-12)21(3,16)17/h10-13H,4-9H2,1-3H3. The summed E-state index contributed by atoms with van der Waals surface area (Å²) >= 11 is 0. The minimum atomic E-state index is -3.57. The molecule has 2 heterocycles. The van der Waals surface area contributed by atoms with Gasteiger partial charge in [-0.05, 0) is 26.7 Å². The van der Waals surface area contributed by atoms with Crippen LogP contribution in [0.25, 0.3) is 0 Å². The molecule has 10 heteroatoms. The fraction of sp³-hybridized carbons (Fsp3) is 1.00. The summed E-state index contributed by atoms with van der Waals surface area (Å²) in [5.41, 5.74) is 0. The van der Waals surface area contributed by atoms with E-state index in [9.17, 15) is 16.8 Å². The molecular weight excluding hydrogens is 330 g/mol. The third kappa shape index (κ3) is 4.62. The minimum Gasteiger partial charge on any atom is -0.373 e. The van der Waals surface area contributed by atoms with Crippen LogP contribution < -0.4 is 4.72 Å². The van der Waals surface area contributed by atoms with Crippen LogP contribution in [0.4, 0.5) is 0 Å². The van der Waals surface area contributed by atoms with E-state index in [1.807, 2.05) is 13.8 Å². The van der Waals surface area contributed by atoms with E-state index in [4.69, 9.17) is 4.74 Å². The summed E-state index contributed by atoms with van der Waals surface area (Å²) in [7, 11) is -6.77. The van der Waals surface area contributed by atoms with Gasteiger partial charge in [0.25, 0.3) is 10.2 Å². The van der Waals surface area contributed by atoms with Gasteiger partial charge in [-0.15, -0.1) is 0 Å². The number of hydrogen-bond acceptors (Lipinski definition) is 5. The first kappa shape index (κ1) is 18.1. The highest BCUT2D eigenvalue weighted by atomic mass is 32.2. The van der Waals surface area contributed by atoms with Crippen molar-refractivity contribution >= 4 is 20.2 Å². The normalized spacial score (nSPS) is 30.5. The van der Waals surface area contributed by atoms with Gasteiger partial charge in [0.15, 0.2) is 0 Å². The zero-order chi connectivity index (χ0) is 16.5. The van der Waals surface area contributed by atoms with Gasteiger partial charge in [0.05, 0.1) is 18.5 Å². The molecule has 0 radical (unpaired) electrons. The van der Waals surface area contributed by atoms with Gasteiger partial charge in [-0.25, -0.2) is 12.7 Å². The molecule has 2 atom stereocenters. The Balaban J connectivity index is 1.93. The quantitative estimate of drug-likeness (QED) is 0.723. The Bertz CT molecular complexity index is 574. The third-order valence-electron chi connectivity index (χ3n) is 3.96. The average molecular weight is 355 g/mol. The highest BCUT2D eigenvalue weighted by molar-refractivity contribution is 7.88. The Labute approximate surface area is 133 Å². The Morgan fingerprint density at radius 2 is 1.45 bits per heavy atom. The monoisotopic (exact) mass is 355 g/mol. The van der Waals surface area contributed by atoms with Crippen molar-refractivity contribution in [3.8, 4) is 0 Å². The third-order valence-corrected chi connectivity index (χ3v) is 6.88. The number of morpholine rings is 1. The molecule has 0 aromatic heterocycles. The molecule has 2 saturated heterocycles. The van der Waals surface area contributed by atoms with Crippen LogP contribution in [0.3, 0.4) is 0 Å². The average Bonchev–Trinajstić information content (AvgIpc) is 2.36. The molecule has 0 aromatic rings. The van der Waals surface area contributed by atoms with Crippen LogP contribution in [0.1, 0.15) is 26.7 Å². The van der Waals surface area contributed by atoms with Gasteiger partial charge in [-0.1, -0.05) is 0 Å². The lowest BCUT2D eigenvalue weighted by Gasteiger charge is -2.36. The molecule has 1 N–H and O–H groups in total. The predicted molar refractivity (Wildman–Crippen MR) is 83.1 cm³/mol. The maximum absolute atomic E-state index is 12.5. The van der Waals surface area contributed by atoms with E-state index < -0.39 is 20.2 Å². The van der Waals surface area contributed by atoms with E-state index in [-0.39, 0.29) is 18.2 Å². The van der Waals surface area contributed by atoms with Crippen molar-refractivity contribution in [2.24, 2.45) is 0 Å². The molecule has 0 amide bonds. The van der Waals surface area contributed by atoms with Gasteiger partial charge in [-0.2, -0.15) is 17.4 Å². The number of ether oxygens (including phenoxy) is 1. The molecule has 8 nitrogen and oxygen atoms in total. The first-order valence-electron chi connectivity index (χ1n) is 7.46. The second-order valence-electron chi connectivity index (χ2n) is 6.13. The van der Waals surface area contributed by atoms with Crippen molar-refractivity contribution in [1.29, 1.82) is 0 Å². The maximum atomic E-state index is 12.5. The van der Waals surface area contributed by atoms with E-state index in [1.165, 1.54) is 14.9 Å². The van der Waals surface area contributed by atoms with Crippen molar-refractivity contribution in [1.82, 2.24) is 13.3 Å². The van der Waals surface area contributed by atoms with Crippen LogP contribution in [0.5, 0.6) is 0 Å².